The van der Waals surface area contributed by atoms with Gasteiger partial charge in [0, 0.05) is 21.8 Å². The summed E-state index contributed by atoms with van der Waals surface area (Å²) in [6.45, 7) is 3.58. The summed E-state index contributed by atoms with van der Waals surface area (Å²) in [7, 11) is 0. The summed E-state index contributed by atoms with van der Waals surface area (Å²) in [5, 5.41) is 3.89. The molecule has 19 heavy (non-hydrogen) atoms. The molecule has 0 saturated carbocycles. The number of halogens is 2. The van der Waals surface area contributed by atoms with Gasteiger partial charge < -0.3 is 5.32 Å². The number of nitrogens with zero attached hydrogens (tertiary/aromatic N) is 1. The van der Waals surface area contributed by atoms with Gasteiger partial charge in [0.15, 0.2) is 0 Å². The van der Waals surface area contributed by atoms with Gasteiger partial charge in [-0.3, -0.25) is 9.69 Å². The molecule has 1 N–H and O–H groups in total. The van der Waals surface area contributed by atoms with E-state index in [1.165, 1.54) is 12.8 Å². The molecule has 1 heterocycles. The first-order valence-corrected chi connectivity index (χ1v) is 7.30. The van der Waals surface area contributed by atoms with Gasteiger partial charge in [-0.1, -0.05) is 29.6 Å². The molecule has 1 unspecified atom stereocenters. The Morgan fingerprint density at radius 1 is 1.32 bits per heavy atom. The van der Waals surface area contributed by atoms with Crippen molar-refractivity contribution in [1.29, 1.82) is 0 Å². The fraction of sp³-hybridized carbons (Fsp3) is 0.500. The maximum Gasteiger partial charge on any atom is 0.238 e. The van der Waals surface area contributed by atoms with Gasteiger partial charge in [0.2, 0.25) is 5.91 Å². The Morgan fingerprint density at radius 3 is 2.63 bits per heavy atom. The van der Waals surface area contributed by atoms with Crippen LogP contribution in [0.15, 0.2) is 18.2 Å². The molecule has 1 saturated heterocycles. The first kappa shape index (κ1) is 14.6. The fourth-order valence-electron chi connectivity index (χ4n) is 2.40. The van der Waals surface area contributed by atoms with Crippen LogP contribution < -0.4 is 5.32 Å². The average Bonchev–Trinajstić information content (AvgIpc) is 2.30. The number of benzene rings is 1. The topological polar surface area (TPSA) is 32.3 Å². The van der Waals surface area contributed by atoms with Gasteiger partial charge in [0.1, 0.15) is 0 Å². The lowest BCUT2D eigenvalue weighted by molar-refractivity contribution is -0.118. The summed E-state index contributed by atoms with van der Waals surface area (Å²) in [4.78, 5) is 14.2. The molecule has 1 aliphatic heterocycles. The molecule has 1 aromatic rings. The number of carbonyl (C=O) groups is 1. The Kier molecular flexibility index (Phi) is 5.08. The lowest BCUT2D eigenvalue weighted by Crippen LogP contribution is -2.42. The van der Waals surface area contributed by atoms with Crippen LogP contribution in [0.2, 0.25) is 10.0 Å². The monoisotopic (exact) mass is 300 g/mol. The van der Waals surface area contributed by atoms with Crippen LogP contribution in [0.25, 0.3) is 0 Å². The third kappa shape index (κ3) is 4.37. The van der Waals surface area contributed by atoms with Crippen LogP contribution >= 0.6 is 23.2 Å². The van der Waals surface area contributed by atoms with Gasteiger partial charge in [0.25, 0.3) is 0 Å². The Balaban J connectivity index is 1.93. The summed E-state index contributed by atoms with van der Waals surface area (Å²) < 4.78 is 0. The highest BCUT2D eigenvalue weighted by Crippen LogP contribution is 2.22. The second-order valence-corrected chi connectivity index (χ2v) is 5.89. The van der Waals surface area contributed by atoms with E-state index in [0.717, 1.165) is 13.0 Å². The number of anilines is 1. The van der Waals surface area contributed by atoms with E-state index in [4.69, 9.17) is 23.2 Å². The van der Waals surface area contributed by atoms with Crippen molar-refractivity contribution in [1.82, 2.24) is 4.90 Å². The number of piperidine rings is 1. The number of amides is 1. The fourth-order valence-corrected chi connectivity index (χ4v) is 2.93. The van der Waals surface area contributed by atoms with Crippen LogP contribution in [0.3, 0.4) is 0 Å². The van der Waals surface area contributed by atoms with Gasteiger partial charge in [-0.05, 0) is 44.5 Å². The van der Waals surface area contributed by atoms with Crippen molar-refractivity contribution in [3.8, 4) is 0 Å². The van der Waals surface area contributed by atoms with E-state index in [-0.39, 0.29) is 5.91 Å². The number of carbonyl (C=O) groups excluding carboxylic acids is 1. The van der Waals surface area contributed by atoms with E-state index in [9.17, 15) is 4.79 Å². The van der Waals surface area contributed by atoms with E-state index in [1.54, 1.807) is 18.2 Å². The summed E-state index contributed by atoms with van der Waals surface area (Å²) >= 11 is 11.8. The molecular weight excluding hydrogens is 283 g/mol. The second-order valence-electron chi connectivity index (χ2n) is 5.02. The van der Waals surface area contributed by atoms with Gasteiger partial charge in [0.05, 0.1) is 6.54 Å². The van der Waals surface area contributed by atoms with Crippen LogP contribution in [-0.4, -0.2) is 29.9 Å². The van der Waals surface area contributed by atoms with Crippen molar-refractivity contribution in [2.75, 3.05) is 18.4 Å². The maximum absolute atomic E-state index is 12.0. The molecule has 3 nitrogen and oxygen atoms in total. The summed E-state index contributed by atoms with van der Waals surface area (Å²) in [5.41, 5.74) is 0.646. The molecule has 1 aromatic carbocycles. The molecule has 1 amide bonds. The van der Waals surface area contributed by atoms with Crippen LogP contribution in [0.4, 0.5) is 5.69 Å². The molecule has 1 fully saturated rings. The minimum absolute atomic E-state index is 0.0212. The van der Waals surface area contributed by atoms with Crippen molar-refractivity contribution in [3.63, 3.8) is 0 Å². The maximum atomic E-state index is 12.0. The third-order valence-corrected chi connectivity index (χ3v) is 3.87. The van der Waals surface area contributed by atoms with Crippen LogP contribution in [0, 0.1) is 0 Å². The van der Waals surface area contributed by atoms with E-state index in [1.807, 2.05) is 0 Å². The molecule has 2 rings (SSSR count). The van der Waals surface area contributed by atoms with Gasteiger partial charge in [-0.15, -0.1) is 0 Å². The quantitative estimate of drug-likeness (QED) is 0.921. The number of likely N-dealkylation sites (tertiary alicyclic amines) is 1. The summed E-state index contributed by atoms with van der Waals surface area (Å²) in [6, 6.07) is 5.52. The van der Waals surface area contributed by atoms with E-state index in [0.29, 0.717) is 28.3 Å². The zero-order valence-corrected chi connectivity index (χ0v) is 12.5. The average molecular weight is 301 g/mol. The lowest BCUT2D eigenvalue weighted by atomic mass is 10.0. The number of nitrogens with one attached hydrogen (secondary N) is 1. The van der Waals surface area contributed by atoms with Crippen LogP contribution in [0.1, 0.15) is 26.2 Å². The van der Waals surface area contributed by atoms with Crippen LogP contribution in [0.5, 0.6) is 0 Å². The molecule has 1 atom stereocenters. The van der Waals surface area contributed by atoms with E-state index in [2.05, 4.69) is 17.1 Å². The van der Waals surface area contributed by atoms with Crippen molar-refractivity contribution >= 4 is 34.8 Å². The Bertz CT molecular complexity index is 445. The van der Waals surface area contributed by atoms with Gasteiger partial charge in [-0.2, -0.15) is 0 Å². The zero-order chi connectivity index (χ0) is 13.8. The summed E-state index contributed by atoms with van der Waals surface area (Å²) in [6.07, 6.45) is 3.58. The summed E-state index contributed by atoms with van der Waals surface area (Å²) in [5.74, 6) is -0.0212. The highest BCUT2D eigenvalue weighted by molar-refractivity contribution is 6.35. The standard InChI is InChI=1S/C14H18Cl2N2O/c1-10-4-2-3-5-18(10)9-14(19)17-13-7-11(15)6-12(16)8-13/h6-8,10H,2-5,9H2,1H3,(H,17,19). The Hall–Kier alpha value is -0.770. The van der Waals surface area contributed by atoms with Crippen LogP contribution in [-0.2, 0) is 4.79 Å². The minimum Gasteiger partial charge on any atom is -0.325 e. The smallest absolute Gasteiger partial charge is 0.238 e. The Labute approximate surface area is 123 Å². The predicted octanol–water partition coefficient (Wildman–Crippen LogP) is 3.81. The molecule has 0 radical (unpaired) electrons. The zero-order valence-electron chi connectivity index (χ0n) is 11.0. The lowest BCUT2D eigenvalue weighted by Gasteiger charge is -2.32. The first-order valence-electron chi connectivity index (χ1n) is 6.54. The van der Waals surface area contributed by atoms with Crippen molar-refractivity contribution in [2.45, 2.75) is 32.2 Å². The highest BCUT2D eigenvalue weighted by atomic mass is 35.5. The molecule has 0 aromatic heterocycles. The van der Waals surface area contributed by atoms with Gasteiger partial charge in [-0.25, -0.2) is 0 Å². The Morgan fingerprint density at radius 2 is 2.00 bits per heavy atom. The largest absolute Gasteiger partial charge is 0.325 e. The van der Waals surface area contributed by atoms with Crippen molar-refractivity contribution < 1.29 is 4.79 Å². The van der Waals surface area contributed by atoms with Crippen molar-refractivity contribution in [3.05, 3.63) is 28.2 Å². The first-order chi connectivity index (χ1) is 9.04. The number of rotatable bonds is 3. The number of hydrogen-bond acceptors (Lipinski definition) is 2. The van der Waals surface area contributed by atoms with E-state index >= 15 is 0 Å². The van der Waals surface area contributed by atoms with E-state index < -0.39 is 0 Å². The molecule has 5 heteroatoms. The normalized spacial score (nSPS) is 20.3. The van der Waals surface area contributed by atoms with Gasteiger partial charge >= 0.3 is 0 Å². The molecule has 0 spiro atoms. The molecule has 104 valence electrons. The second kappa shape index (κ2) is 6.60. The third-order valence-electron chi connectivity index (χ3n) is 3.43. The highest BCUT2D eigenvalue weighted by Gasteiger charge is 2.20. The van der Waals surface area contributed by atoms with Crippen molar-refractivity contribution in [2.24, 2.45) is 0 Å². The number of hydrogen-bond donors (Lipinski definition) is 1. The predicted molar refractivity (Wildman–Crippen MR) is 80.0 cm³/mol. The molecule has 0 bridgehead atoms. The minimum atomic E-state index is -0.0212. The molecular formula is C14H18Cl2N2O. The molecule has 1 aliphatic rings. The molecule has 0 aliphatic carbocycles. The SMILES string of the molecule is CC1CCCCN1CC(=O)Nc1cc(Cl)cc(Cl)c1.